The van der Waals surface area contributed by atoms with E-state index >= 15 is 0 Å². The molecule has 0 radical (unpaired) electrons. The molecule has 1 aromatic heterocycles. The van der Waals surface area contributed by atoms with Crippen molar-refractivity contribution in [1.82, 2.24) is 9.55 Å². The SMILES string of the molecule is Nc1nc2cc(Cl)c(Cl)cc2n1-c1ccc(Cl)cc1Br. The summed E-state index contributed by atoms with van der Waals surface area (Å²) in [5.74, 6) is 0.348. The van der Waals surface area contributed by atoms with Crippen LogP contribution in [0.4, 0.5) is 5.95 Å². The molecule has 0 aliphatic heterocycles. The van der Waals surface area contributed by atoms with Gasteiger partial charge in [-0.15, -0.1) is 0 Å². The second kappa shape index (κ2) is 5.11. The number of hydrogen-bond donors (Lipinski definition) is 1. The summed E-state index contributed by atoms with van der Waals surface area (Å²) in [5, 5.41) is 1.52. The molecule has 0 fully saturated rings. The average Bonchev–Trinajstić information content (AvgIpc) is 2.66. The van der Waals surface area contributed by atoms with E-state index in [1.54, 1.807) is 28.8 Å². The number of fused-ring (bicyclic) bond motifs is 1. The summed E-state index contributed by atoms with van der Waals surface area (Å²) in [4.78, 5) is 4.30. The van der Waals surface area contributed by atoms with Crippen molar-refractivity contribution >= 4 is 67.7 Å². The fraction of sp³-hybridized carbons (Fsp3) is 0. The van der Waals surface area contributed by atoms with Crippen LogP contribution in [0, 0.1) is 0 Å². The Bertz CT molecular complexity index is 829. The molecule has 0 bridgehead atoms. The molecule has 3 rings (SSSR count). The van der Waals surface area contributed by atoms with E-state index in [0.717, 1.165) is 15.7 Å². The van der Waals surface area contributed by atoms with Crippen molar-refractivity contribution in [3.63, 3.8) is 0 Å². The van der Waals surface area contributed by atoms with Crippen LogP contribution in [0.5, 0.6) is 0 Å². The van der Waals surface area contributed by atoms with Crippen LogP contribution < -0.4 is 5.73 Å². The lowest BCUT2D eigenvalue weighted by Gasteiger charge is -2.09. The van der Waals surface area contributed by atoms with Gasteiger partial charge in [-0.25, -0.2) is 4.98 Å². The highest BCUT2D eigenvalue weighted by Gasteiger charge is 2.14. The predicted octanol–water partition coefficient (Wildman–Crippen LogP) is 5.33. The zero-order valence-corrected chi connectivity index (χ0v) is 13.7. The molecule has 0 amide bonds. The van der Waals surface area contributed by atoms with E-state index in [-0.39, 0.29) is 0 Å². The molecule has 2 N–H and O–H groups in total. The maximum atomic E-state index is 6.07. The Kier molecular flexibility index (Phi) is 3.58. The topological polar surface area (TPSA) is 43.8 Å². The Morgan fingerprint density at radius 2 is 1.75 bits per heavy atom. The molecule has 0 aliphatic rings. The lowest BCUT2D eigenvalue weighted by Crippen LogP contribution is -2.01. The first kappa shape index (κ1) is 14.0. The fourth-order valence-corrected chi connectivity index (χ4v) is 3.18. The minimum Gasteiger partial charge on any atom is -0.369 e. The van der Waals surface area contributed by atoms with E-state index < -0.39 is 0 Å². The number of hydrogen-bond acceptors (Lipinski definition) is 2. The van der Waals surface area contributed by atoms with E-state index in [0.29, 0.717) is 26.5 Å². The third-order valence-corrected chi connectivity index (χ3v) is 4.47. The Morgan fingerprint density at radius 1 is 1.05 bits per heavy atom. The normalized spacial score (nSPS) is 11.2. The van der Waals surface area contributed by atoms with Crippen molar-refractivity contribution in [1.29, 1.82) is 0 Å². The van der Waals surface area contributed by atoms with Crippen molar-refractivity contribution in [2.45, 2.75) is 0 Å². The quantitative estimate of drug-likeness (QED) is 0.609. The molecule has 0 atom stereocenters. The number of imidazole rings is 1. The van der Waals surface area contributed by atoms with Crippen molar-refractivity contribution in [3.8, 4) is 5.69 Å². The minimum absolute atomic E-state index is 0.348. The molecule has 0 saturated heterocycles. The molecule has 1 heterocycles. The van der Waals surface area contributed by atoms with Crippen LogP contribution in [0.2, 0.25) is 15.1 Å². The van der Waals surface area contributed by atoms with Gasteiger partial charge in [-0.1, -0.05) is 34.8 Å². The lowest BCUT2D eigenvalue weighted by atomic mass is 10.3. The van der Waals surface area contributed by atoms with Gasteiger partial charge in [-0.05, 0) is 46.3 Å². The average molecular weight is 391 g/mol. The van der Waals surface area contributed by atoms with Gasteiger partial charge in [-0.3, -0.25) is 4.57 Å². The van der Waals surface area contributed by atoms with Crippen LogP contribution in [0.1, 0.15) is 0 Å². The van der Waals surface area contributed by atoms with Crippen molar-refractivity contribution in [3.05, 3.63) is 49.9 Å². The molecule has 0 aliphatic carbocycles. The van der Waals surface area contributed by atoms with Crippen LogP contribution in [0.25, 0.3) is 16.7 Å². The second-order valence-electron chi connectivity index (χ2n) is 4.16. The molecule has 20 heavy (non-hydrogen) atoms. The van der Waals surface area contributed by atoms with Crippen LogP contribution in [-0.4, -0.2) is 9.55 Å². The number of anilines is 1. The smallest absolute Gasteiger partial charge is 0.205 e. The second-order valence-corrected chi connectivity index (χ2v) is 6.26. The first-order valence-corrected chi connectivity index (χ1v) is 7.48. The summed E-state index contributed by atoms with van der Waals surface area (Å²) in [6, 6.07) is 8.86. The van der Waals surface area contributed by atoms with Gasteiger partial charge in [0, 0.05) is 9.50 Å². The van der Waals surface area contributed by atoms with Gasteiger partial charge >= 0.3 is 0 Å². The molecule has 7 heteroatoms. The number of aromatic nitrogens is 2. The molecule has 3 aromatic rings. The van der Waals surface area contributed by atoms with Gasteiger partial charge in [0.1, 0.15) is 0 Å². The van der Waals surface area contributed by atoms with Crippen molar-refractivity contribution in [2.24, 2.45) is 0 Å². The lowest BCUT2D eigenvalue weighted by molar-refractivity contribution is 1.10. The highest BCUT2D eigenvalue weighted by Crippen LogP contribution is 2.33. The van der Waals surface area contributed by atoms with E-state index in [1.807, 2.05) is 6.07 Å². The number of nitrogens with zero attached hydrogens (tertiary/aromatic N) is 2. The third kappa shape index (κ3) is 2.27. The molecule has 0 spiro atoms. The first-order valence-electron chi connectivity index (χ1n) is 5.56. The number of rotatable bonds is 1. The number of benzene rings is 2. The Morgan fingerprint density at radius 3 is 2.45 bits per heavy atom. The van der Waals surface area contributed by atoms with E-state index in [2.05, 4.69) is 20.9 Å². The van der Waals surface area contributed by atoms with E-state index in [1.165, 1.54) is 0 Å². The van der Waals surface area contributed by atoms with Crippen LogP contribution in [0.3, 0.4) is 0 Å². The molecule has 0 saturated carbocycles. The number of halogens is 4. The summed E-state index contributed by atoms with van der Waals surface area (Å²) in [7, 11) is 0. The molecular formula is C13H7BrCl3N3. The van der Waals surface area contributed by atoms with Crippen molar-refractivity contribution in [2.75, 3.05) is 5.73 Å². The summed E-state index contributed by atoms with van der Waals surface area (Å²) in [5.41, 5.74) is 8.29. The zero-order valence-electron chi connectivity index (χ0n) is 9.87. The Labute approximate surface area is 138 Å². The summed E-state index contributed by atoms with van der Waals surface area (Å²) >= 11 is 21.5. The third-order valence-electron chi connectivity index (χ3n) is 2.87. The van der Waals surface area contributed by atoms with Crippen LogP contribution >= 0.6 is 50.7 Å². The van der Waals surface area contributed by atoms with Gasteiger partial charge in [-0.2, -0.15) is 0 Å². The highest BCUT2D eigenvalue weighted by atomic mass is 79.9. The van der Waals surface area contributed by atoms with Gasteiger partial charge in [0.05, 0.1) is 26.8 Å². The first-order chi connectivity index (χ1) is 9.47. The molecule has 2 aromatic carbocycles. The Balaban J connectivity index is 2.35. The predicted molar refractivity (Wildman–Crippen MR) is 88.2 cm³/mol. The zero-order chi connectivity index (χ0) is 14.4. The molecular weight excluding hydrogens is 384 g/mol. The highest BCUT2D eigenvalue weighted by molar-refractivity contribution is 9.10. The van der Waals surface area contributed by atoms with Gasteiger partial charge in [0.2, 0.25) is 5.95 Å². The minimum atomic E-state index is 0.348. The van der Waals surface area contributed by atoms with Gasteiger partial charge < -0.3 is 5.73 Å². The summed E-state index contributed by atoms with van der Waals surface area (Å²) < 4.78 is 2.60. The molecule has 3 nitrogen and oxygen atoms in total. The molecule has 102 valence electrons. The van der Waals surface area contributed by atoms with Gasteiger partial charge in [0.25, 0.3) is 0 Å². The number of nitrogens with two attached hydrogens (primary N) is 1. The Hall–Kier alpha value is -0.940. The van der Waals surface area contributed by atoms with E-state index in [9.17, 15) is 0 Å². The van der Waals surface area contributed by atoms with Gasteiger partial charge in [0.15, 0.2) is 0 Å². The van der Waals surface area contributed by atoms with Crippen LogP contribution in [0.15, 0.2) is 34.8 Å². The molecule has 0 unspecified atom stereocenters. The summed E-state index contributed by atoms with van der Waals surface area (Å²) in [6.07, 6.45) is 0. The van der Waals surface area contributed by atoms with E-state index in [4.69, 9.17) is 40.5 Å². The fourth-order valence-electron chi connectivity index (χ4n) is 2.01. The largest absolute Gasteiger partial charge is 0.369 e. The van der Waals surface area contributed by atoms with Crippen molar-refractivity contribution < 1.29 is 0 Å². The maximum Gasteiger partial charge on any atom is 0.205 e. The maximum absolute atomic E-state index is 6.07. The van der Waals surface area contributed by atoms with Crippen LogP contribution in [-0.2, 0) is 0 Å². The number of nitrogen functional groups attached to an aromatic ring is 1. The summed E-state index contributed by atoms with van der Waals surface area (Å²) in [6.45, 7) is 0. The monoisotopic (exact) mass is 389 g/mol. The standard InChI is InChI=1S/C13H7BrCl3N3/c14-7-3-6(15)1-2-11(7)20-12-5-9(17)8(16)4-10(12)19-13(20)18/h1-5H,(H2,18,19).